The second-order valence-electron chi connectivity index (χ2n) is 4.97. The van der Waals surface area contributed by atoms with Gasteiger partial charge in [-0.15, -0.1) is 0 Å². The van der Waals surface area contributed by atoms with Crippen molar-refractivity contribution in [3.63, 3.8) is 0 Å². The quantitative estimate of drug-likeness (QED) is 0.634. The Kier molecular flexibility index (Phi) is 2.46. The van der Waals surface area contributed by atoms with Crippen LogP contribution in [0, 0.1) is 0 Å². The summed E-state index contributed by atoms with van der Waals surface area (Å²) in [7, 11) is -2.80. The van der Waals surface area contributed by atoms with Gasteiger partial charge in [-0.25, -0.2) is 13.9 Å². The van der Waals surface area contributed by atoms with E-state index in [-0.39, 0.29) is 0 Å². The first-order valence-electron chi connectivity index (χ1n) is 6.56. The van der Waals surface area contributed by atoms with Gasteiger partial charge in [-0.1, -0.05) is 36.4 Å². The van der Waals surface area contributed by atoms with E-state index in [9.17, 15) is 4.57 Å². The van der Waals surface area contributed by atoms with Gasteiger partial charge in [0.1, 0.15) is 5.75 Å². The van der Waals surface area contributed by atoms with E-state index in [1.54, 1.807) is 0 Å². The molecule has 4 nitrogen and oxygen atoms in total. The molecule has 0 saturated carbocycles. The van der Waals surface area contributed by atoms with Crippen LogP contribution in [0.1, 0.15) is 0 Å². The summed E-state index contributed by atoms with van der Waals surface area (Å²) >= 11 is 0. The highest BCUT2D eigenvalue weighted by molar-refractivity contribution is 7.55. The van der Waals surface area contributed by atoms with Crippen LogP contribution in [0.5, 0.6) is 5.75 Å². The first kappa shape index (κ1) is 11.5. The first-order valence-corrected chi connectivity index (χ1v) is 8.09. The average Bonchev–Trinajstić information content (AvgIpc) is 3.32. The fourth-order valence-electron chi connectivity index (χ4n) is 2.29. The number of hydrogen-bond acceptors (Lipinski definition) is 2. The van der Waals surface area contributed by atoms with Crippen molar-refractivity contribution in [1.29, 1.82) is 0 Å². The molecule has 0 aromatic heterocycles. The van der Waals surface area contributed by atoms with Crippen LogP contribution < -0.4 is 4.52 Å². The highest BCUT2D eigenvalue weighted by atomic mass is 31.2. The maximum Gasteiger partial charge on any atom is 0.395 e. The number of benzene rings is 2. The molecule has 0 radical (unpaired) electrons. The van der Waals surface area contributed by atoms with E-state index in [4.69, 9.17) is 4.52 Å². The zero-order valence-corrected chi connectivity index (χ0v) is 11.4. The predicted molar refractivity (Wildman–Crippen MR) is 75.3 cm³/mol. The van der Waals surface area contributed by atoms with Crippen LogP contribution in [0.2, 0.25) is 0 Å². The molecule has 0 amide bonds. The Balaban J connectivity index is 1.76. The molecule has 2 aliphatic heterocycles. The lowest BCUT2D eigenvalue weighted by atomic mass is 10.1. The van der Waals surface area contributed by atoms with Gasteiger partial charge in [0.15, 0.2) is 0 Å². The molecular formula is C14H15N2O2P. The second-order valence-corrected chi connectivity index (χ2v) is 7.26. The van der Waals surface area contributed by atoms with Crippen LogP contribution in [0.4, 0.5) is 0 Å². The molecule has 2 saturated heterocycles. The van der Waals surface area contributed by atoms with Gasteiger partial charge in [0.25, 0.3) is 0 Å². The Hall–Kier alpha value is -1.35. The van der Waals surface area contributed by atoms with E-state index in [1.165, 1.54) is 0 Å². The van der Waals surface area contributed by atoms with E-state index in [2.05, 4.69) is 0 Å². The summed E-state index contributed by atoms with van der Waals surface area (Å²) < 4.78 is 22.8. The van der Waals surface area contributed by atoms with Gasteiger partial charge in [-0.3, -0.25) is 0 Å². The average molecular weight is 274 g/mol. The Morgan fingerprint density at radius 2 is 1.53 bits per heavy atom. The predicted octanol–water partition coefficient (Wildman–Crippen LogP) is 2.96. The van der Waals surface area contributed by atoms with Crippen molar-refractivity contribution in [3.8, 4) is 5.75 Å². The fourth-order valence-corrected chi connectivity index (χ4v) is 4.49. The van der Waals surface area contributed by atoms with Crippen LogP contribution in [0.25, 0.3) is 10.8 Å². The summed E-state index contributed by atoms with van der Waals surface area (Å²) in [6, 6.07) is 13.9. The van der Waals surface area contributed by atoms with Gasteiger partial charge in [-0.05, 0) is 11.5 Å². The molecule has 19 heavy (non-hydrogen) atoms. The van der Waals surface area contributed by atoms with Crippen molar-refractivity contribution < 1.29 is 9.09 Å². The standard InChI is InChI=1S/C14H15N2O2P/c17-19(15-8-9-15,16-10-11-16)18-14-7-3-5-12-4-1-2-6-13(12)14/h1-7H,8-11H2. The number of rotatable bonds is 4. The van der Waals surface area contributed by atoms with Gasteiger partial charge in [0, 0.05) is 31.6 Å². The summed E-state index contributed by atoms with van der Waals surface area (Å²) in [6.07, 6.45) is 0. The molecular weight excluding hydrogens is 259 g/mol. The normalized spacial score (nSPS) is 19.6. The summed E-state index contributed by atoms with van der Waals surface area (Å²) in [5.74, 6) is 0.722. The molecule has 5 heteroatoms. The molecule has 2 aromatic carbocycles. The van der Waals surface area contributed by atoms with Crippen molar-refractivity contribution in [2.45, 2.75) is 0 Å². The SMILES string of the molecule is O=P(Oc1cccc2ccccc12)(N1CC1)N1CC1. The minimum Gasteiger partial charge on any atom is -0.421 e. The monoisotopic (exact) mass is 274 g/mol. The Morgan fingerprint density at radius 3 is 2.21 bits per heavy atom. The fraction of sp³-hybridized carbons (Fsp3) is 0.286. The third-order valence-corrected chi connectivity index (χ3v) is 6.19. The van der Waals surface area contributed by atoms with Crippen molar-refractivity contribution in [2.24, 2.45) is 0 Å². The summed E-state index contributed by atoms with van der Waals surface area (Å²) in [6.45, 7) is 3.49. The highest BCUT2D eigenvalue weighted by Crippen LogP contribution is 2.61. The number of nitrogens with zero attached hydrogens (tertiary/aromatic N) is 2. The van der Waals surface area contributed by atoms with Gasteiger partial charge in [0.05, 0.1) is 0 Å². The number of hydrogen-bond donors (Lipinski definition) is 0. The van der Waals surface area contributed by atoms with Crippen molar-refractivity contribution in [1.82, 2.24) is 9.34 Å². The van der Waals surface area contributed by atoms with E-state index in [0.29, 0.717) is 0 Å². The zero-order valence-electron chi connectivity index (χ0n) is 10.5. The van der Waals surface area contributed by atoms with Crippen molar-refractivity contribution >= 4 is 18.4 Å². The summed E-state index contributed by atoms with van der Waals surface area (Å²) in [5, 5.41) is 2.14. The molecule has 0 unspecified atom stereocenters. The minimum atomic E-state index is -2.80. The zero-order chi connectivity index (χ0) is 12.9. The molecule has 0 spiro atoms. The number of fused-ring (bicyclic) bond motifs is 1. The minimum absolute atomic E-state index is 0.722. The van der Waals surface area contributed by atoms with E-state index in [0.717, 1.165) is 42.7 Å². The maximum absolute atomic E-state index is 13.0. The first-order chi connectivity index (χ1) is 9.27. The Bertz CT molecular complexity index is 659. The van der Waals surface area contributed by atoms with Gasteiger partial charge in [0.2, 0.25) is 0 Å². The molecule has 0 aliphatic carbocycles. The topological polar surface area (TPSA) is 32.3 Å². The summed E-state index contributed by atoms with van der Waals surface area (Å²) in [5.41, 5.74) is 0. The molecule has 2 aliphatic rings. The summed E-state index contributed by atoms with van der Waals surface area (Å²) in [4.78, 5) is 0. The molecule has 0 N–H and O–H groups in total. The van der Waals surface area contributed by atoms with E-state index >= 15 is 0 Å². The van der Waals surface area contributed by atoms with Crippen LogP contribution in [0.3, 0.4) is 0 Å². The largest absolute Gasteiger partial charge is 0.421 e. The van der Waals surface area contributed by atoms with E-state index < -0.39 is 7.67 Å². The molecule has 4 rings (SSSR count). The molecule has 0 bridgehead atoms. The van der Waals surface area contributed by atoms with Crippen LogP contribution in [-0.4, -0.2) is 35.5 Å². The van der Waals surface area contributed by atoms with Gasteiger partial charge < -0.3 is 4.52 Å². The Labute approximate surface area is 112 Å². The van der Waals surface area contributed by atoms with Crippen LogP contribution in [-0.2, 0) is 4.57 Å². The van der Waals surface area contributed by atoms with Gasteiger partial charge in [-0.2, -0.15) is 0 Å². The third kappa shape index (κ3) is 1.96. The lowest BCUT2D eigenvalue weighted by Gasteiger charge is -2.21. The van der Waals surface area contributed by atoms with Crippen molar-refractivity contribution in [3.05, 3.63) is 42.5 Å². The van der Waals surface area contributed by atoms with Gasteiger partial charge >= 0.3 is 7.67 Å². The highest BCUT2D eigenvalue weighted by Gasteiger charge is 2.50. The van der Waals surface area contributed by atoms with Crippen LogP contribution in [0.15, 0.2) is 42.5 Å². The molecule has 0 atom stereocenters. The molecule has 2 fully saturated rings. The van der Waals surface area contributed by atoms with Crippen LogP contribution >= 0.6 is 7.67 Å². The molecule has 2 aromatic rings. The Morgan fingerprint density at radius 1 is 0.895 bits per heavy atom. The van der Waals surface area contributed by atoms with E-state index in [1.807, 2.05) is 51.8 Å². The molecule has 2 heterocycles. The van der Waals surface area contributed by atoms with Crippen molar-refractivity contribution in [2.75, 3.05) is 26.2 Å². The second kappa shape index (κ2) is 4.07. The molecule has 98 valence electrons. The lowest BCUT2D eigenvalue weighted by molar-refractivity contribution is 0.412. The third-order valence-electron chi connectivity index (χ3n) is 3.53. The smallest absolute Gasteiger partial charge is 0.395 e. The maximum atomic E-state index is 13.0. The lowest BCUT2D eigenvalue weighted by Crippen LogP contribution is -2.10.